The van der Waals surface area contributed by atoms with Gasteiger partial charge in [-0.1, -0.05) is 30.3 Å². The van der Waals surface area contributed by atoms with Gasteiger partial charge in [-0.3, -0.25) is 10.1 Å². The predicted molar refractivity (Wildman–Crippen MR) is 87.4 cm³/mol. The number of nitrogens with zero attached hydrogens (tertiary/aromatic N) is 2. The molecule has 0 amide bonds. The van der Waals surface area contributed by atoms with Crippen molar-refractivity contribution in [1.82, 2.24) is 0 Å². The average molecular weight is 332 g/mol. The first-order chi connectivity index (χ1) is 10.9. The van der Waals surface area contributed by atoms with Crippen molar-refractivity contribution in [3.8, 4) is 0 Å². The lowest BCUT2D eigenvalue weighted by Crippen LogP contribution is -2.31. The van der Waals surface area contributed by atoms with E-state index in [1.54, 1.807) is 12.1 Å². The van der Waals surface area contributed by atoms with Crippen LogP contribution in [-0.2, 0) is 22.8 Å². The lowest BCUT2D eigenvalue weighted by molar-refractivity contribution is -0.387. The van der Waals surface area contributed by atoms with Crippen molar-refractivity contribution in [3.05, 3.63) is 63.7 Å². The summed E-state index contributed by atoms with van der Waals surface area (Å²) in [5, 5.41) is 11.5. The quantitative estimate of drug-likeness (QED) is 0.637. The summed E-state index contributed by atoms with van der Waals surface area (Å²) in [6.07, 6.45) is 1.76. The molecular formula is C16H16N2O4S. The number of fused-ring (bicyclic) bond motifs is 1. The maximum Gasteiger partial charge on any atom is 0.311 e. The molecule has 0 atom stereocenters. The number of hydrogen-bond donors (Lipinski definition) is 0. The number of benzene rings is 2. The Kier molecular flexibility index (Phi) is 3.81. The topological polar surface area (TPSA) is 80.5 Å². The molecule has 1 aliphatic heterocycles. The lowest BCUT2D eigenvalue weighted by Gasteiger charge is -2.30. The molecule has 0 saturated heterocycles. The Hall–Kier alpha value is -2.41. The van der Waals surface area contributed by atoms with E-state index in [0.29, 0.717) is 18.8 Å². The highest BCUT2D eigenvalue weighted by Crippen LogP contribution is 2.36. The van der Waals surface area contributed by atoms with E-state index in [0.717, 1.165) is 18.2 Å². The van der Waals surface area contributed by atoms with E-state index in [4.69, 9.17) is 0 Å². The third-order valence-corrected chi connectivity index (χ3v) is 5.16. The van der Waals surface area contributed by atoms with Gasteiger partial charge in [0.25, 0.3) is 0 Å². The Bertz CT molecular complexity index is 877. The Labute approximate surface area is 134 Å². The Balaban J connectivity index is 2.10. The van der Waals surface area contributed by atoms with E-state index in [1.165, 1.54) is 11.6 Å². The highest BCUT2D eigenvalue weighted by Gasteiger charge is 2.30. The van der Waals surface area contributed by atoms with Gasteiger partial charge in [0.1, 0.15) is 10.6 Å². The third kappa shape index (κ3) is 2.92. The third-order valence-electron chi connectivity index (χ3n) is 4.03. The van der Waals surface area contributed by atoms with Crippen LogP contribution >= 0.6 is 0 Å². The largest absolute Gasteiger partial charge is 0.361 e. The summed E-state index contributed by atoms with van der Waals surface area (Å²) in [7, 11) is -3.67. The number of rotatable bonds is 3. The smallest absolute Gasteiger partial charge is 0.311 e. The molecule has 0 saturated carbocycles. The summed E-state index contributed by atoms with van der Waals surface area (Å²) in [6.45, 7) is 1.15. The van der Waals surface area contributed by atoms with Crippen LogP contribution in [0.1, 0.15) is 11.1 Å². The predicted octanol–water partition coefficient (Wildman–Crippen LogP) is 2.56. The van der Waals surface area contributed by atoms with Gasteiger partial charge in [0, 0.05) is 19.3 Å². The molecule has 7 heteroatoms. The monoisotopic (exact) mass is 332 g/mol. The van der Waals surface area contributed by atoms with Gasteiger partial charge in [-0.15, -0.1) is 0 Å². The molecule has 3 rings (SSSR count). The molecule has 0 aliphatic carbocycles. The van der Waals surface area contributed by atoms with Gasteiger partial charge in [-0.25, -0.2) is 8.42 Å². The molecule has 0 N–H and O–H groups in total. The zero-order valence-corrected chi connectivity index (χ0v) is 13.4. The van der Waals surface area contributed by atoms with Gasteiger partial charge < -0.3 is 4.90 Å². The molecule has 0 unspecified atom stereocenters. The first-order valence-corrected chi connectivity index (χ1v) is 9.06. The molecule has 2 aromatic rings. The van der Waals surface area contributed by atoms with E-state index in [-0.39, 0.29) is 10.6 Å². The fourth-order valence-corrected chi connectivity index (χ4v) is 3.81. The molecule has 0 bridgehead atoms. The standard InChI is InChI=1S/C16H16N2O4S/c1-23(21,22)15-8-4-7-14(16(15)18(19)20)17-10-9-12-5-2-3-6-13(12)11-17/h2-8H,9-11H2,1H3. The SMILES string of the molecule is CS(=O)(=O)c1cccc(N2CCc3ccccc3C2)c1[N+](=O)[O-]. The fraction of sp³-hybridized carbons (Fsp3) is 0.250. The summed E-state index contributed by atoms with van der Waals surface area (Å²) in [5.41, 5.74) is 2.35. The van der Waals surface area contributed by atoms with Crippen molar-refractivity contribution in [2.75, 3.05) is 17.7 Å². The van der Waals surface area contributed by atoms with Crippen LogP contribution in [0.15, 0.2) is 47.4 Å². The first-order valence-electron chi connectivity index (χ1n) is 7.17. The van der Waals surface area contributed by atoms with Crippen LogP contribution in [0.25, 0.3) is 0 Å². The minimum atomic E-state index is -3.67. The maximum atomic E-state index is 11.9. The Morgan fingerprint density at radius 2 is 1.78 bits per heavy atom. The molecule has 0 fully saturated rings. The molecule has 0 radical (unpaired) electrons. The van der Waals surface area contributed by atoms with E-state index in [2.05, 4.69) is 0 Å². The molecular weight excluding hydrogens is 316 g/mol. The van der Waals surface area contributed by atoms with Crippen LogP contribution in [0.4, 0.5) is 11.4 Å². The second-order valence-corrected chi connectivity index (χ2v) is 7.58. The van der Waals surface area contributed by atoms with E-state index in [1.807, 2.05) is 29.2 Å². The fourth-order valence-electron chi connectivity index (χ4n) is 2.95. The number of para-hydroxylation sites is 1. The number of nitro groups is 1. The van der Waals surface area contributed by atoms with Crippen molar-refractivity contribution in [2.45, 2.75) is 17.9 Å². The lowest BCUT2D eigenvalue weighted by atomic mass is 9.99. The number of hydrogen-bond acceptors (Lipinski definition) is 5. The van der Waals surface area contributed by atoms with Crippen molar-refractivity contribution >= 4 is 21.2 Å². The molecule has 2 aromatic carbocycles. The van der Waals surface area contributed by atoms with Crippen molar-refractivity contribution in [1.29, 1.82) is 0 Å². The summed E-state index contributed by atoms with van der Waals surface area (Å²) in [6, 6.07) is 12.4. The molecule has 1 aliphatic rings. The molecule has 23 heavy (non-hydrogen) atoms. The van der Waals surface area contributed by atoms with Crippen molar-refractivity contribution < 1.29 is 13.3 Å². The second kappa shape index (κ2) is 5.66. The minimum Gasteiger partial charge on any atom is -0.361 e. The summed E-state index contributed by atoms with van der Waals surface area (Å²) >= 11 is 0. The molecule has 0 aromatic heterocycles. The number of sulfone groups is 1. The van der Waals surface area contributed by atoms with Crippen LogP contribution in [-0.4, -0.2) is 26.1 Å². The van der Waals surface area contributed by atoms with Crippen LogP contribution in [0.2, 0.25) is 0 Å². The van der Waals surface area contributed by atoms with Crippen LogP contribution in [0.5, 0.6) is 0 Å². The van der Waals surface area contributed by atoms with Gasteiger partial charge in [0.2, 0.25) is 0 Å². The van der Waals surface area contributed by atoms with Crippen molar-refractivity contribution in [3.63, 3.8) is 0 Å². The highest BCUT2D eigenvalue weighted by atomic mass is 32.2. The summed E-state index contributed by atoms with van der Waals surface area (Å²) in [5.74, 6) is 0. The van der Waals surface area contributed by atoms with E-state index >= 15 is 0 Å². The van der Waals surface area contributed by atoms with Crippen LogP contribution in [0.3, 0.4) is 0 Å². The Morgan fingerprint density at radius 1 is 1.09 bits per heavy atom. The highest BCUT2D eigenvalue weighted by molar-refractivity contribution is 7.90. The Morgan fingerprint density at radius 3 is 2.43 bits per heavy atom. The molecule has 0 spiro atoms. The van der Waals surface area contributed by atoms with E-state index < -0.39 is 14.8 Å². The average Bonchev–Trinajstić information content (AvgIpc) is 2.52. The molecule has 1 heterocycles. The van der Waals surface area contributed by atoms with Gasteiger partial charge in [-0.2, -0.15) is 0 Å². The normalized spacial score (nSPS) is 14.4. The number of anilines is 1. The number of nitro benzene ring substituents is 1. The van der Waals surface area contributed by atoms with Gasteiger partial charge in [-0.05, 0) is 29.7 Å². The van der Waals surface area contributed by atoms with E-state index in [9.17, 15) is 18.5 Å². The van der Waals surface area contributed by atoms with Gasteiger partial charge >= 0.3 is 5.69 Å². The van der Waals surface area contributed by atoms with Crippen molar-refractivity contribution in [2.24, 2.45) is 0 Å². The second-order valence-electron chi connectivity index (χ2n) is 5.59. The van der Waals surface area contributed by atoms with Gasteiger partial charge in [0.15, 0.2) is 9.84 Å². The molecule has 6 nitrogen and oxygen atoms in total. The zero-order valence-electron chi connectivity index (χ0n) is 12.6. The van der Waals surface area contributed by atoms with Crippen LogP contribution in [0, 0.1) is 10.1 Å². The maximum absolute atomic E-state index is 11.9. The first kappa shape index (κ1) is 15.5. The van der Waals surface area contributed by atoms with Crippen LogP contribution < -0.4 is 4.90 Å². The molecule has 120 valence electrons. The zero-order chi connectivity index (χ0) is 16.6. The van der Waals surface area contributed by atoms with Gasteiger partial charge in [0.05, 0.1) is 4.92 Å². The summed E-state index contributed by atoms with van der Waals surface area (Å²) in [4.78, 5) is 12.5. The minimum absolute atomic E-state index is 0.237. The summed E-state index contributed by atoms with van der Waals surface area (Å²) < 4.78 is 23.7.